The molecule has 0 radical (unpaired) electrons. The SMILES string of the molecule is CN1CCN(C(=O)COC2COC2)CC1.O=Cc1[nH]c2ccc(F)c(Cl)c2c1Cl. The molecule has 1 N–H and O–H groups in total. The zero-order chi connectivity index (χ0) is 21.0. The zero-order valence-electron chi connectivity index (χ0n) is 15.9. The molecule has 29 heavy (non-hydrogen) atoms. The third-order valence-electron chi connectivity index (χ3n) is 4.84. The number of carbonyl (C=O) groups is 2. The van der Waals surface area contributed by atoms with E-state index in [1.807, 2.05) is 4.90 Å². The Morgan fingerprint density at radius 2 is 1.97 bits per heavy atom. The minimum absolute atomic E-state index is 0.0724. The van der Waals surface area contributed by atoms with E-state index >= 15 is 0 Å². The van der Waals surface area contributed by atoms with Crippen molar-refractivity contribution in [3.05, 3.63) is 33.7 Å². The van der Waals surface area contributed by atoms with Crippen molar-refractivity contribution in [2.75, 3.05) is 53.0 Å². The summed E-state index contributed by atoms with van der Waals surface area (Å²) in [6.45, 7) is 5.03. The molecule has 0 aliphatic carbocycles. The van der Waals surface area contributed by atoms with Crippen molar-refractivity contribution in [3.63, 3.8) is 0 Å². The molecule has 3 heterocycles. The Labute approximate surface area is 177 Å². The van der Waals surface area contributed by atoms with Crippen molar-refractivity contribution in [1.82, 2.24) is 14.8 Å². The molecule has 0 unspecified atom stereocenters. The number of halogens is 3. The van der Waals surface area contributed by atoms with Gasteiger partial charge in [0.2, 0.25) is 5.91 Å². The fraction of sp³-hybridized carbons (Fsp3) is 0.474. The average molecular weight is 446 g/mol. The molecule has 0 bridgehead atoms. The van der Waals surface area contributed by atoms with Crippen molar-refractivity contribution >= 4 is 46.3 Å². The van der Waals surface area contributed by atoms with Gasteiger partial charge < -0.3 is 24.3 Å². The number of hydrogen-bond acceptors (Lipinski definition) is 5. The van der Waals surface area contributed by atoms with Crippen LogP contribution in [-0.4, -0.2) is 86.1 Å². The Morgan fingerprint density at radius 3 is 2.55 bits per heavy atom. The van der Waals surface area contributed by atoms with Crippen LogP contribution < -0.4 is 0 Å². The zero-order valence-corrected chi connectivity index (χ0v) is 17.4. The highest BCUT2D eigenvalue weighted by molar-refractivity contribution is 6.43. The van der Waals surface area contributed by atoms with Gasteiger partial charge in [0.25, 0.3) is 0 Å². The number of H-pyrrole nitrogens is 1. The molecule has 0 atom stereocenters. The first-order chi connectivity index (χ1) is 13.9. The normalized spacial score (nSPS) is 17.6. The molecular formula is C19H22Cl2FN3O4. The van der Waals surface area contributed by atoms with Crippen LogP contribution in [0.15, 0.2) is 12.1 Å². The lowest BCUT2D eigenvalue weighted by atomic mass is 10.2. The molecule has 0 spiro atoms. The molecule has 2 fully saturated rings. The number of likely N-dealkylation sites (N-methyl/N-ethyl adjacent to an activating group) is 1. The number of piperazine rings is 1. The van der Waals surface area contributed by atoms with Crippen LogP contribution in [0.1, 0.15) is 10.5 Å². The van der Waals surface area contributed by atoms with Gasteiger partial charge in [-0.3, -0.25) is 9.59 Å². The number of aromatic nitrogens is 1. The number of fused-ring (bicyclic) bond motifs is 1. The van der Waals surface area contributed by atoms with Gasteiger partial charge in [0, 0.05) is 37.1 Å². The van der Waals surface area contributed by atoms with E-state index in [1.54, 1.807) is 0 Å². The monoisotopic (exact) mass is 445 g/mol. The van der Waals surface area contributed by atoms with E-state index in [1.165, 1.54) is 12.1 Å². The fourth-order valence-corrected chi connectivity index (χ4v) is 3.53. The quantitative estimate of drug-likeness (QED) is 0.732. The largest absolute Gasteiger partial charge is 0.376 e. The second-order valence-electron chi connectivity index (χ2n) is 6.91. The lowest BCUT2D eigenvalue weighted by molar-refractivity contribution is -0.156. The van der Waals surface area contributed by atoms with Crippen LogP contribution in [0.25, 0.3) is 10.9 Å². The number of aldehydes is 1. The number of carbonyl (C=O) groups excluding carboxylic acids is 2. The van der Waals surface area contributed by atoms with Gasteiger partial charge >= 0.3 is 0 Å². The minimum atomic E-state index is -0.558. The van der Waals surface area contributed by atoms with Crippen LogP contribution in [0.5, 0.6) is 0 Å². The Morgan fingerprint density at radius 1 is 1.28 bits per heavy atom. The molecule has 1 aromatic heterocycles. The van der Waals surface area contributed by atoms with Crippen molar-refractivity contribution in [1.29, 1.82) is 0 Å². The predicted molar refractivity (Wildman–Crippen MR) is 108 cm³/mol. The Balaban J connectivity index is 0.000000166. The highest BCUT2D eigenvalue weighted by Gasteiger charge is 2.23. The molecule has 1 amide bonds. The molecular weight excluding hydrogens is 424 g/mol. The van der Waals surface area contributed by atoms with Gasteiger partial charge in [0.05, 0.1) is 29.0 Å². The first kappa shape index (κ1) is 22.0. The van der Waals surface area contributed by atoms with E-state index in [0.29, 0.717) is 30.4 Å². The number of ether oxygens (including phenoxy) is 2. The van der Waals surface area contributed by atoms with Crippen LogP contribution in [0.3, 0.4) is 0 Å². The second-order valence-corrected chi connectivity index (χ2v) is 7.66. The van der Waals surface area contributed by atoms with Crippen molar-refractivity contribution in [2.24, 2.45) is 0 Å². The Hall–Kier alpha value is -1.71. The predicted octanol–water partition coefficient (Wildman–Crippen LogP) is 2.60. The average Bonchev–Trinajstić information content (AvgIpc) is 3.01. The van der Waals surface area contributed by atoms with Gasteiger partial charge in [0.1, 0.15) is 18.5 Å². The van der Waals surface area contributed by atoms with Crippen molar-refractivity contribution < 1.29 is 23.5 Å². The molecule has 2 aliphatic rings. The number of amides is 1. The number of rotatable bonds is 4. The smallest absolute Gasteiger partial charge is 0.248 e. The molecule has 2 aliphatic heterocycles. The lowest BCUT2D eigenvalue weighted by Gasteiger charge is -2.33. The van der Waals surface area contributed by atoms with Gasteiger partial charge in [-0.15, -0.1) is 0 Å². The lowest BCUT2D eigenvalue weighted by Crippen LogP contribution is -2.49. The van der Waals surface area contributed by atoms with Gasteiger partial charge in [-0.2, -0.15) is 0 Å². The number of nitrogens with one attached hydrogen (secondary N) is 1. The summed E-state index contributed by atoms with van der Waals surface area (Å²) in [5.41, 5.74) is 0.748. The summed E-state index contributed by atoms with van der Waals surface area (Å²) in [6, 6.07) is 2.70. The molecule has 158 valence electrons. The van der Waals surface area contributed by atoms with E-state index in [0.717, 1.165) is 26.2 Å². The summed E-state index contributed by atoms with van der Waals surface area (Å²) in [6.07, 6.45) is 0.706. The molecule has 2 saturated heterocycles. The van der Waals surface area contributed by atoms with E-state index in [9.17, 15) is 14.0 Å². The summed E-state index contributed by atoms with van der Waals surface area (Å²) < 4.78 is 23.4. The van der Waals surface area contributed by atoms with E-state index in [2.05, 4.69) is 16.9 Å². The first-order valence-electron chi connectivity index (χ1n) is 9.16. The van der Waals surface area contributed by atoms with E-state index in [4.69, 9.17) is 32.7 Å². The molecule has 4 rings (SSSR count). The molecule has 0 saturated carbocycles. The molecule has 2 aromatic rings. The molecule has 7 nitrogen and oxygen atoms in total. The van der Waals surface area contributed by atoms with Crippen LogP contribution in [0, 0.1) is 5.82 Å². The highest BCUT2D eigenvalue weighted by atomic mass is 35.5. The number of nitrogens with zero attached hydrogens (tertiary/aromatic N) is 2. The van der Waals surface area contributed by atoms with Crippen LogP contribution in [0.4, 0.5) is 4.39 Å². The fourth-order valence-electron chi connectivity index (χ4n) is 2.93. The minimum Gasteiger partial charge on any atom is -0.376 e. The molecule has 10 heteroatoms. The Kier molecular flexibility index (Phi) is 7.48. The highest BCUT2D eigenvalue weighted by Crippen LogP contribution is 2.33. The summed E-state index contributed by atoms with van der Waals surface area (Å²) in [7, 11) is 2.07. The van der Waals surface area contributed by atoms with Crippen LogP contribution >= 0.6 is 23.2 Å². The number of benzene rings is 1. The maximum atomic E-state index is 13.0. The summed E-state index contributed by atoms with van der Waals surface area (Å²) >= 11 is 11.5. The third kappa shape index (κ3) is 5.26. The third-order valence-corrected chi connectivity index (χ3v) is 5.61. The first-order valence-corrected chi connectivity index (χ1v) is 9.92. The standard InChI is InChI=1S/C10H18N2O3.C9H4Cl2FNO/c1-11-2-4-12(5-3-11)10(13)8-15-9-6-14-7-9;10-8-4(12)1-2-5-7(8)9(11)6(3-14)13-5/h9H,2-8H2,1H3;1-3,13H. The summed E-state index contributed by atoms with van der Waals surface area (Å²) in [5, 5.41) is 0.423. The maximum Gasteiger partial charge on any atom is 0.248 e. The topological polar surface area (TPSA) is 74.9 Å². The summed E-state index contributed by atoms with van der Waals surface area (Å²) in [4.78, 5) is 29.1. The van der Waals surface area contributed by atoms with Crippen LogP contribution in [-0.2, 0) is 14.3 Å². The van der Waals surface area contributed by atoms with Gasteiger partial charge in [0.15, 0.2) is 6.29 Å². The van der Waals surface area contributed by atoms with Crippen LogP contribution in [0.2, 0.25) is 10.0 Å². The van der Waals surface area contributed by atoms with Crippen molar-refractivity contribution in [3.8, 4) is 0 Å². The second kappa shape index (κ2) is 9.86. The van der Waals surface area contributed by atoms with Gasteiger partial charge in [-0.05, 0) is 19.2 Å². The Bertz CT molecular complexity index is 880. The van der Waals surface area contributed by atoms with Gasteiger partial charge in [-0.25, -0.2) is 4.39 Å². The number of hydrogen-bond donors (Lipinski definition) is 1. The molecule has 1 aromatic carbocycles. The van der Waals surface area contributed by atoms with Crippen molar-refractivity contribution in [2.45, 2.75) is 6.10 Å². The summed E-state index contributed by atoms with van der Waals surface area (Å²) in [5.74, 6) is -0.451. The van der Waals surface area contributed by atoms with E-state index in [-0.39, 0.29) is 34.4 Å². The van der Waals surface area contributed by atoms with Gasteiger partial charge in [-0.1, -0.05) is 23.2 Å². The number of aromatic amines is 1. The maximum absolute atomic E-state index is 13.0. The van der Waals surface area contributed by atoms with E-state index < -0.39 is 5.82 Å².